The van der Waals surface area contributed by atoms with Crippen LogP contribution < -0.4 is 10.8 Å². The lowest BCUT2D eigenvalue weighted by Gasteiger charge is -2.04. The van der Waals surface area contributed by atoms with Gasteiger partial charge in [-0.1, -0.05) is 54.7 Å². The smallest absolute Gasteiger partial charge is 0.342 e. The quantitative estimate of drug-likeness (QED) is 0.148. The largest absolute Gasteiger partial charge is 0.462 e. The number of nitro groups is 1. The lowest BCUT2D eigenvalue weighted by molar-refractivity contribution is -0.384. The Morgan fingerprint density at radius 3 is 2.62 bits per heavy atom. The Hall–Kier alpha value is -4.83. The minimum Gasteiger partial charge on any atom is -0.462 e. The number of hydrogen-bond donors (Lipinski definition) is 1. The standard InChI is InChI=1S/C27H19N3O6S/c1-2-35-27(32)23-21(16-7-4-3-5-8-16)15-29-24(23)28-25(31)20(26(29)37)14-19-11-12-22(36-19)17-9-6-10-18(13-17)30(33)34/h3-15H,2H2,1H3,(H,28,31). The average Bonchev–Trinajstić information content (AvgIpc) is 3.52. The van der Waals surface area contributed by atoms with Crippen molar-refractivity contribution in [3.8, 4) is 22.5 Å². The highest BCUT2D eigenvalue weighted by Gasteiger charge is 2.22. The Morgan fingerprint density at radius 1 is 1.14 bits per heavy atom. The molecule has 0 unspecified atom stereocenters. The zero-order valence-corrected chi connectivity index (χ0v) is 20.3. The minimum atomic E-state index is -0.571. The Morgan fingerprint density at radius 2 is 1.89 bits per heavy atom. The highest BCUT2D eigenvalue weighted by Crippen LogP contribution is 2.29. The first-order chi connectivity index (χ1) is 17.9. The molecule has 0 aliphatic rings. The summed E-state index contributed by atoms with van der Waals surface area (Å²) in [7, 11) is 0. The lowest BCUT2D eigenvalue weighted by Crippen LogP contribution is -2.30. The van der Waals surface area contributed by atoms with E-state index in [4.69, 9.17) is 21.4 Å². The zero-order chi connectivity index (χ0) is 26.1. The van der Waals surface area contributed by atoms with Crippen LogP contribution in [0.25, 0.3) is 34.2 Å². The second kappa shape index (κ2) is 9.67. The number of ether oxygens (including phenoxy) is 1. The van der Waals surface area contributed by atoms with E-state index in [2.05, 4.69) is 4.98 Å². The van der Waals surface area contributed by atoms with Gasteiger partial charge in [-0.25, -0.2) is 4.79 Å². The van der Waals surface area contributed by atoms with Crippen LogP contribution in [0.5, 0.6) is 0 Å². The molecule has 0 amide bonds. The van der Waals surface area contributed by atoms with Gasteiger partial charge in [0.15, 0.2) is 0 Å². The van der Waals surface area contributed by atoms with Crippen LogP contribution in [0.2, 0.25) is 0 Å². The van der Waals surface area contributed by atoms with Crippen LogP contribution in [-0.4, -0.2) is 26.9 Å². The first-order valence-electron chi connectivity index (χ1n) is 11.3. The molecule has 1 N–H and O–H groups in total. The molecule has 2 aromatic carbocycles. The van der Waals surface area contributed by atoms with Gasteiger partial charge < -0.3 is 14.1 Å². The number of nitrogens with one attached hydrogen (secondary N) is 1. The van der Waals surface area contributed by atoms with E-state index >= 15 is 0 Å². The molecule has 5 aromatic rings. The van der Waals surface area contributed by atoms with Crippen molar-refractivity contribution < 1.29 is 18.9 Å². The molecule has 0 aliphatic carbocycles. The number of hydrogen-bond acceptors (Lipinski definition) is 7. The molecule has 0 aliphatic heterocycles. The molecule has 0 fully saturated rings. The Balaban J connectivity index is 1.66. The molecule has 37 heavy (non-hydrogen) atoms. The molecule has 3 heterocycles. The molecule has 0 radical (unpaired) electrons. The third-order valence-electron chi connectivity index (χ3n) is 5.75. The van der Waals surface area contributed by atoms with Crippen LogP contribution in [-0.2, 0) is 4.74 Å². The van der Waals surface area contributed by atoms with Gasteiger partial charge in [-0.05, 0) is 30.7 Å². The van der Waals surface area contributed by atoms with Gasteiger partial charge in [0.2, 0.25) is 0 Å². The van der Waals surface area contributed by atoms with Crippen LogP contribution >= 0.6 is 12.2 Å². The summed E-state index contributed by atoms with van der Waals surface area (Å²) in [5, 5.41) is 11.3. The van der Waals surface area contributed by atoms with Gasteiger partial charge >= 0.3 is 5.97 Å². The van der Waals surface area contributed by atoms with E-state index in [1.807, 2.05) is 30.3 Å². The second-order valence-corrected chi connectivity index (χ2v) is 8.44. The maximum Gasteiger partial charge on any atom is 0.342 e. The van der Waals surface area contributed by atoms with Crippen LogP contribution in [0.4, 0.5) is 5.69 Å². The number of aromatic nitrogens is 2. The highest BCUT2D eigenvalue weighted by molar-refractivity contribution is 7.71. The highest BCUT2D eigenvalue weighted by atomic mass is 32.1. The van der Waals surface area contributed by atoms with Crippen molar-refractivity contribution in [3.63, 3.8) is 0 Å². The molecule has 0 bridgehead atoms. The Kier molecular flexibility index (Phi) is 6.24. The minimum absolute atomic E-state index is 0.0617. The lowest BCUT2D eigenvalue weighted by atomic mass is 10.0. The third-order valence-corrected chi connectivity index (χ3v) is 6.17. The Labute approximate surface area is 214 Å². The molecule has 184 valence electrons. The van der Waals surface area contributed by atoms with Gasteiger partial charge in [-0.2, -0.15) is 0 Å². The van der Waals surface area contributed by atoms with Crippen molar-refractivity contribution in [1.29, 1.82) is 0 Å². The maximum atomic E-state index is 13.1. The van der Waals surface area contributed by atoms with Gasteiger partial charge in [0.05, 0.1) is 16.7 Å². The molecule has 0 saturated carbocycles. The van der Waals surface area contributed by atoms with Crippen molar-refractivity contribution in [3.05, 3.63) is 115 Å². The van der Waals surface area contributed by atoms with E-state index in [0.717, 1.165) is 5.56 Å². The normalized spacial score (nSPS) is 11.6. The summed E-state index contributed by atoms with van der Waals surface area (Å²) in [6, 6.07) is 18.6. The van der Waals surface area contributed by atoms with E-state index < -0.39 is 16.5 Å². The summed E-state index contributed by atoms with van der Waals surface area (Å²) in [5.74, 6) is 0.159. The predicted molar refractivity (Wildman–Crippen MR) is 140 cm³/mol. The average molecular weight is 514 g/mol. The molecular formula is C27H19N3O6S. The number of esters is 1. The topological polar surface area (TPSA) is 120 Å². The van der Waals surface area contributed by atoms with Crippen molar-refractivity contribution in [2.45, 2.75) is 6.92 Å². The van der Waals surface area contributed by atoms with Gasteiger partial charge in [-0.15, -0.1) is 0 Å². The fraction of sp³-hybridized carbons (Fsp3) is 0.0741. The molecule has 10 heteroatoms. The number of nitrogens with zero attached hydrogens (tertiary/aromatic N) is 2. The van der Waals surface area contributed by atoms with Crippen molar-refractivity contribution in [2.24, 2.45) is 0 Å². The van der Waals surface area contributed by atoms with Gasteiger partial charge in [0, 0.05) is 29.5 Å². The monoisotopic (exact) mass is 513 g/mol. The summed E-state index contributed by atoms with van der Waals surface area (Å²) < 4.78 is 12.8. The molecule has 0 spiro atoms. The van der Waals surface area contributed by atoms with Gasteiger partial charge in [0.1, 0.15) is 27.4 Å². The summed E-state index contributed by atoms with van der Waals surface area (Å²) >= 11 is 5.64. The fourth-order valence-electron chi connectivity index (χ4n) is 4.07. The number of fused-ring (bicyclic) bond motifs is 1. The molecule has 0 atom stereocenters. The van der Waals surface area contributed by atoms with E-state index in [1.165, 1.54) is 18.2 Å². The van der Waals surface area contributed by atoms with E-state index in [1.54, 1.807) is 41.8 Å². The number of nitro benzene ring substituents is 1. The number of non-ortho nitro benzene ring substituents is 1. The number of carbonyl (C=O) groups is 1. The molecule has 0 saturated heterocycles. The summed E-state index contributed by atoms with van der Waals surface area (Å²) in [5.41, 5.74) is 1.75. The van der Waals surface area contributed by atoms with Crippen LogP contribution in [0, 0.1) is 14.8 Å². The van der Waals surface area contributed by atoms with Crippen LogP contribution in [0.1, 0.15) is 23.0 Å². The fourth-order valence-corrected chi connectivity index (χ4v) is 4.36. The van der Waals surface area contributed by atoms with Crippen molar-refractivity contribution >= 4 is 35.6 Å². The van der Waals surface area contributed by atoms with E-state index in [0.29, 0.717) is 22.6 Å². The Bertz CT molecular complexity index is 1840. The predicted octanol–water partition coefficient (Wildman–Crippen LogP) is 4.92. The summed E-state index contributed by atoms with van der Waals surface area (Å²) in [6.45, 7) is 1.88. The molecule has 9 nitrogen and oxygen atoms in total. The first kappa shape index (κ1) is 23.9. The number of H-pyrrole nitrogens is 1. The number of carbonyl (C=O) groups excluding carboxylic acids is 1. The first-order valence-corrected chi connectivity index (χ1v) is 11.7. The van der Waals surface area contributed by atoms with E-state index in [-0.39, 0.29) is 33.4 Å². The van der Waals surface area contributed by atoms with Gasteiger partial charge in [-0.3, -0.25) is 19.3 Å². The second-order valence-electron chi connectivity index (χ2n) is 8.05. The van der Waals surface area contributed by atoms with Crippen LogP contribution in [0.3, 0.4) is 0 Å². The number of furan rings is 1. The van der Waals surface area contributed by atoms with E-state index in [9.17, 15) is 19.7 Å². The maximum absolute atomic E-state index is 13.1. The number of benzene rings is 2. The van der Waals surface area contributed by atoms with Crippen LogP contribution in [0.15, 0.2) is 82.1 Å². The molecular weight excluding hydrogens is 494 g/mol. The molecule has 3 aromatic heterocycles. The van der Waals surface area contributed by atoms with Crippen molar-refractivity contribution in [2.75, 3.05) is 6.61 Å². The molecule has 5 rings (SSSR count). The third kappa shape index (κ3) is 4.45. The summed E-state index contributed by atoms with van der Waals surface area (Å²) in [4.78, 5) is 39.3. The SMILES string of the molecule is CCOC(=O)c1c(-c2ccccc2)cn2c(=S)c(=Cc3ccc(-c4cccc([N+](=O)[O-])c4)o3)c(=O)[nH]c12. The number of rotatable bonds is 6. The zero-order valence-electron chi connectivity index (χ0n) is 19.5. The van der Waals surface area contributed by atoms with Gasteiger partial charge in [0.25, 0.3) is 11.2 Å². The van der Waals surface area contributed by atoms with Crippen molar-refractivity contribution in [1.82, 2.24) is 9.38 Å². The summed E-state index contributed by atoms with van der Waals surface area (Å²) in [6.07, 6.45) is 3.19. The number of aromatic amines is 1.